The van der Waals surface area contributed by atoms with E-state index < -0.39 is 12.0 Å². The largest absolute Gasteiger partial charge is 0.480 e. The third kappa shape index (κ3) is 4.96. The predicted molar refractivity (Wildman–Crippen MR) is 78.8 cm³/mol. The quantitative estimate of drug-likeness (QED) is 0.688. The van der Waals surface area contributed by atoms with Gasteiger partial charge in [-0.05, 0) is 49.5 Å². The number of aliphatic carboxylic acids is 1. The van der Waals surface area contributed by atoms with Gasteiger partial charge in [0.05, 0.1) is 0 Å². The van der Waals surface area contributed by atoms with Gasteiger partial charge in [0.1, 0.15) is 6.04 Å². The fourth-order valence-electron chi connectivity index (χ4n) is 2.27. The first-order chi connectivity index (χ1) is 9.66. The molecule has 2 N–H and O–H groups in total. The maximum Gasteiger partial charge on any atom is 0.326 e. The van der Waals surface area contributed by atoms with Crippen molar-refractivity contribution in [1.82, 2.24) is 5.32 Å². The highest BCUT2D eigenvalue weighted by Gasteiger charge is 2.36. The number of hydrogen-bond acceptors (Lipinski definition) is 3. The van der Waals surface area contributed by atoms with Crippen LogP contribution in [-0.4, -0.2) is 23.0 Å². The van der Waals surface area contributed by atoms with E-state index in [2.05, 4.69) is 22.8 Å². The van der Waals surface area contributed by atoms with E-state index in [1.807, 2.05) is 0 Å². The third-order valence-electron chi connectivity index (χ3n) is 3.58. The lowest BCUT2D eigenvalue weighted by molar-refractivity contribution is -0.142. The van der Waals surface area contributed by atoms with Crippen LogP contribution in [0.3, 0.4) is 0 Å². The second-order valence-corrected chi connectivity index (χ2v) is 6.39. The molecule has 110 valence electrons. The van der Waals surface area contributed by atoms with Crippen molar-refractivity contribution in [3.05, 3.63) is 22.4 Å². The van der Waals surface area contributed by atoms with Crippen LogP contribution < -0.4 is 5.32 Å². The van der Waals surface area contributed by atoms with Gasteiger partial charge in [-0.15, -0.1) is 11.3 Å². The van der Waals surface area contributed by atoms with Crippen molar-refractivity contribution < 1.29 is 14.7 Å². The van der Waals surface area contributed by atoms with Crippen molar-refractivity contribution in [3.63, 3.8) is 0 Å². The average Bonchev–Trinajstić information content (AvgIpc) is 3.12. The predicted octanol–water partition coefficient (Wildman–Crippen LogP) is 2.83. The molecule has 1 aromatic heterocycles. The maximum atomic E-state index is 11.7. The van der Waals surface area contributed by atoms with Crippen LogP contribution >= 0.6 is 11.3 Å². The average molecular weight is 295 g/mol. The van der Waals surface area contributed by atoms with Crippen molar-refractivity contribution in [2.45, 2.75) is 51.0 Å². The molecule has 0 saturated heterocycles. The molecular formula is C15H21NO3S. The summed E-state index contributed by atoms with van der Waals surface area (Å²) in [6, 6.07) is 3.51. The number of carboxylic acids is 1. The van der Waals surface area contributed by atoms with Crippen molar-refractivity contribution in [1.29, 1.82) is 0 Å². The summed E-state index contributed by atoms with van der Waals surface area (Å²) < 4.78 is 0. The summed E-state index contributed by atoms with van der Waals surface area (Å²) in [6.07, 6.45) is 6.25. The summed E-state index contributed by atoms with van der Waals surface area (Å²) in [6.45, 7) is 0. The van der Waals surface area contributed by atoms with Crippen LogP contribution in [-0.2, 0) is 16.0 Å². The lowest BCUT2D eigenvalue weighted by atomic mass is 10.1. The smallest absolute Gasteiger partial charge is 0.326 e. The molecule has 1 aliphatic rings. The molecule has 20 heavy (non-hydrogen) atoms. The minimum absolute atomic E-state index is 0.125. The summed E-state index contributed by atoms with van der Waals surface area (Å²) in [4.78, 5) is 24.1. The van der Waals surface area contributed by atoms with Gasteiger partial charge in [-0.25, -0.2) is 4.79 Å². The van der Waals surface area contributed by atoms with Gasteiger partial charge in [0.15, 0.2) is 0 Å². The molecule has 1 atom stereocenters. The van der Waals surface area contributed by atoms with E-state index >= 15 is 0 Å². The van der Waals surface area contributed by atoms with Gasteiger partial charge in [-0.1, -0.05) is 12.5 Å². The third-order valence-corrected chi connectivity index (χ3v) is 4.52. The first-order valence-corrected chi connectivity index (χ1v) is 8.09. The molecule has 2 rings (SSSR count). The zero-order chi connectivity index (χ0) is 14.4. The van der Waals surface area contributed by atoms with Gasteiger partial charge in [-0.3, -0.25) is 4.79 Å². The van der Waals surface area contributed by atoms with E-state index in [9.17, 15) is 9.59 Å². The Kier molecular flexibility index (Phi) is 5.59. The summed E-state index contributed by atoms with van der Waals surface area (Å²) in [5.41, 5.74) is 0. The number of carboxylic acid groups (broad SMARTS) is 1. The second-order valence-electron chi connectivity index (χ2n) is 5.36. The number of nitrogens with one attached hydrogen (secondary N) is 1. The Hall–Kier alpha value is -1.36. The Labute approximate surface area is 123 Å². The Morgan fingerprint density at radius 1 is 1.35 bits per heavy atom. The van der Waals surface area contributed by atoms with Crippen molar-refractivity contribution in [2.24, 2.45) is 5.92 Å². The molecule has 4 nitrogen and oxygen atoms in total. The number of carbonyl (C=O) groups is 2. The standard InChI is InChI=1S/C15H21NO3S/c17-13(16-14(15(18)19)11-8-9-11)7-3-1-2-5-12-6-4-10-20-12/h4,6,10-11,14H,1-3,5,7-9H2,(H,16,17)(H,18,19). The number of rotatable bonds is 9. The molecule has 0 radical (unpaired) electrons. The molecule has 1 aliphatic carbocycles. The van der Waals surface area contributed by atoms with Gasteiger partial charge >= 0.3 is 5.97 Å². The van der Waals surface area contributed by atoms with Gasteiger partial charge in [0, 0.05) is 11.3 Å². The van der Waals surface area contributed by atoms with Gasteiger partial charge in [-0.2, -0.15) is 0 Å². The number of aryl methyl sites for hydroxylation is 1. The number of unbranched alkanes of at least 4 members (excludes halogenated alkanes) is 2. The number of hydrogen-bond donors (Lipinski definition) is 2. The minimum atomic E-state index is -0.904. The summed E-state index contributed by atoms with van der Waals surface area (Å²) in [5, 5.41) is 13.8. The molecule has 0 spiro atoms. The van der Waals surface area contributed by atoms with Crippen LogP contribution in [0.15, 0.2) is 17.5 Å². The molecule has 5 heteroatoms. The molecule has 1 saturated carbocycles. The molecule has 1 aromatic rings. The monoisotopic (exact) mass is 295 g/mol. The Morgan fingerprint density at radius 2 is 2.15 bits per heavy atom. The molecule has 1 unspecified atom stereocenters. The number of carbonyl (C=O) groups excluding carboxylic acids is 1. The minimum Gasteiger partial charge on any atom is -0.480 e. The summed E-state index contributed by atoms with van der Waals surface area (Å²) >= 11 is 1.76. The molecule has 1 amide bonds. The van der Waals surface area contributed by atoms with E-state index in [0.29, 0.717) is 6.42 Å². The Balaban J connectivity index is 1.56. The van der Waals surface area contributed by atoms with E-state index in [1.54, 1.807) is 11.3 Å². The van der Waals surface area contributed by atoms with E-state index in [4.69, 9.17) is 5.11 Å². The van der Waals surface area contributed by atoms with Gasteiger partial charge < -0.3 is 10.4 Å². The summed E-state index contributed by atoms with van der Waals surface area (Å²) in [5.74, 6) is -0.880. The van der Waals surface area contributed by atoms with E-state index in [-0.39, 0.29) is 11.8 Å². The lowest BCUT2D eigenvalue weighted by Crippen LogP contribution is -2.42. The SMILES string of the molecule is O=C(CCCCCc1cccs1)NC(C(=O)O)C1CC1. The Morgan fingerprint density at radius 3 is 2.75 bits per heavy atom. The summed E-state index contributed by atoms with van der Waals surface area (Å²) in [7, 11) is 0. The topological polar surface area (TPSA) is 66.4 Å². The zero-order valence-corrected chi connectivity index (χ0v) is 12.3. The van der Waals surface area contributed by atoms with Crippen LogP contribution in [0, 0.1) is 5.92 Å². The number of thiophene rings is 1. The van der Waals surface area contributed by atoms with Crippen molar-refractivity contribution in [3.8, 4) is 0 Å². The van der Waals surface area contributed by atoms with Gasteiger partial charge in [0.2, 0.25) is 5.91 Å². The van der Waals surface area contributed by atoms with Crippen molar-refractivity contribution >= 4 is 23.2 Å². The zero-order valence-electron chi connectivity index (χ0n) is 11.5. The van der Waals surface area contributed by atoms with E-state index in [1.165, 1.54) is 4.88 Å². The fraction of sp³-hybridized carbons (Fsp3) is 0.600. The fourth-order valence-corrected chi connectivity index (χ4v) is 3.02. The normalized spacial score (nSPS) is 15.8. The lowest BCUT2D eigenvalue weighted by Gasteiger charge is -2.13. The van der Waals surface area contributed by atoms with Crippen LogP contribution in [0.25, 0.3) is 0 Å². The van der Waals surface area contributed by atoms with Crippen LogP contribution in [0.1, 0.15) is 43.4 Å². The van der Waals surface area contributed by atoms with Crippen LogP contribution in [0.5, 0.6) is 0 Å². The van der Waals surface area contributed by atoms with Crippen LogP contribution in [0.2, 0.25) is 0 Å². The van der Waals surface area contributed by atoms with Crippen LogP contribution in [0.4, 0.5) is 0 Å². The first-order valence-electron chi connectivity index (χ1n) is 7.21. The molecule has 1 heterocycles. The molecular weight excluding hydrogens is 274 g/mol. The van der Waals surface area contributed by atoms with Crippen molar-refractivity contribution in [2.75, 3.05) is 0 Å². The highest BCUT2D eigenvalue weighted by atomic mass is 32.1. The second kappa shape index (κ2) is 7.43. The molecule has 0 aromatic carbocycles. The molecule has 0 aliphatic heterocycles. The molecule has 0 bridgehead atoms. The Bertz CT molecular complexity index is 440. The molecule has 1 fully saturated rings. The van der Waals surface area contributed by atoms with Gasteiger partial charge in [0.25, 0.3) is 0 Å². The highest BCUT2D eigenvalue weighted by Crippen LogP contribution is 2.32. The van der Waals surface area contributed by atoms with E-state index in [0.717, 1.165) is 38.5 Å². The number of amides is 1. The first kappa shape index (κ1) is 15.0. The highest BCUT2D eigenvalue weighted by molar-refractivity contribution is 7.09. The maximum absolute atomic E-state index is 11.7.